The predicted molar refractivity (Wildman–Crippen MR) is 136 cm³/mol. The second-order valence-electron chi connectivity index (χ2n) is 8.35. The van der Waals surface area contributed by atoms with E-state index in [-0.39, 0.29) is 11.6 Å². The summed E-state index contributed by atoms with van der Waals surface area (Å²) in [5.41, 5.74) is 5.18. The predicted octanol–water partition coefficient (Wildman–Crippen LogP) is 6.17. The van der Waals surface area contributed by atoms with Crippen molar-refractivity contribution >= 4 is 28.3 Å². The van der Waals surface area contributed by atoms with Crippen LogP contribution >= 0.6 is 0 Å². The number of rotatable bonds is 6. The van der Waals surface area contributed by atoms with Crippen LogP contribution in [0, 0.1) is 19.7 Å². The molecule has 1 atom stereocenters. The van der Waals surface area contributed by atoms with E-state index in [0.29, 0.717) is 5.69 Å². The van der Waals surface area contributed by atoms with Crippen LogP contribution in [0.5, 0.6) is 0 Å². The van der Waals surface area contributed by atoms with Crippen LogP contribution < -0.4 is 10.6 Å². The molecule has 3 N–H and O–H groups in total. The highest BCUT2D eigenvalue weighted by Gasteiger charge is 2.23. The SMILES string of the molecule is Cc1cccc(N[C@@H](c2ccccn2)c2c(C)[nH]c3ccc(NC(=O)c4ccccc4F)cc23)n1. The summed E-state index contributed by atoms with van der Waals surface area (Å²) in [6.45, 7) is 3.96. The van der Waals surface area contributed by atoms with Gasteiger partial charge in [0.2, 0.25) is 0 Å². The topological polar surface area (TPSA) is 82.7 Å². The van der Waals surface area contributed by atoms with E-state index in [1.807, 2.05) is 62.4 Å². The Hall–Kier alpha value is -4.52. The average molecular weight is 466 g/mol. The van der Waals surface area contributed by atoms with Crippen LogP contribution in [0.25, 0.3) is 10.9 Å². The second-order valence-corrected chi connectivity index (χ2v) is 8.35. The van der Waals surface area contributed by atoms with Gasteiger partial charge in [0.1, 0.15) is 11.6 Å². The maximum absolute atomic E-state index is 14.1. The number of pyridine rings is 2. The van der Waals surface area contributed by atoms with E-state index in [2.05, 4.69) is 25.6 Å². The third-order valence-corrected chi connectivity index (χ3v) is 5.87. The van der Waals surface area contributed by atoms with Crippen LogP contribution in [-0.2, 0) is 0 Å². The normalized spacial score (nSPS) is 11.9. The molecule has 5 rings (SSSR count). The average Bonchev–Trinajstić information content (AvgIpc) is 3.18. The molecule has 0 fully saturated rings. The summed E-state index contributed by atoms with van der Waals surface area (Å²) >= 11 is 0. The first-order valence-corrected chi connectivity index (χ1v) is 11.3. The highest BCUT2D eigenvalue weighted by Crippen LogP contribution is 2.35. The number of amides is 1. The third kappa shape index (κ3) is 4.61. The number of nitrogens with zero attached hydrogens (tertiary/aromatic N) is 2. The molecule has 0 bridgehead atoms. The number of benzene rings is 2. The molecule has 7 heteroatoms. The number of anilines is 2. The minimum Gasteiger partial charge on any atom is -0.358 e. The summed E-state index contributed by atoms with van der Waals surface area (Å²) in [6, 6.07) is 22.9. The zero-order valence-electron chi connectivity index (χ0n) is 19.3. The van der Waals surface area contributed by atoms with Crippen LogP contribution in [0.1, 0.15) is 39.0 Å². The molecule has 0 spiro atoms. The number of aromatic amines is 1. The Bertz CT molecular complexity index is 1510. The van der Waals surface area contributed by atoms with Gasteiger partial charge < -0.3 is 15.6 Å². The van der Waals surface area contributed by atoms with E-state index in [4.69, 9.17) is 0 Å². The van der Waals surface area contributed by atoms with E-state index < -0.39 is 11.7 Å². The lowest BCUT2D eigenvalue weighted by atomic mass is 9.99. The van der Waals surface area contributed by atoms with Crippen LogP contribution in [0.2, 0.25) is 0 Å². The highest BCUT2D eigenvalue weighted by atomic mass is 19.1. The van der Waals surface area contributed by atoms with Crippen molar-refractivity contribution in [2.24, 2.45) is 0 Å². The molecule has 35 heavy (non-hydrogen) atoms. The summed E-state index contributed by atoms with van der Waals surface area (Å²) in [4.78, 5) is 25.4. The molecular formula is C28H24FN5O. The van der Waals surface area contributed by atoms with Crippen molar-refractivity contribution in [3.05, 3.63) is 119 Å². The summed E-state index contributed by atoms with van der Waals surface area (Å²) in [6.07, 6.45) is 1.76. The Morgan fingerprint density at radius 3 is 2.57 bits per heavy atom. The highest BCUT2D eigenvalue weighted by molar-refractivity contribution is 6.05. The van der Waals surface area contributed by atoms with E-state index in [0.717, 1.165) is 39.4 Å². The molecule has 0 saturated carbocycles. The van der Waals surface area contributed by atoms with Gasteiger partial charge in [0.25, 0.3) is 5.91 Å². The zero-order valence-corrected chi connectivity index (χ0v) is 19.3. The molecule has 0 aliphatic rings. The van der Waals surface area contributed by atoms with Gasteiger partial charge >= 0.3 is 0 Å². The minimum absolute atomic E-state index is 0.00313. The first-order valence-electron chi connectivity index (χ1n) is 11.3. The second kappa shape index (κ2) is 9.38. The number of carbonyl (C=O) groups excluding carboxylic acids is 1. The van der Waals surface area contributed by atoms with Crippen molar-refractivity contribution in [1.29, 1.82) is 0 Å². The van der Waals surface area contributed by atoms with E-state index in [1.54, 1.807) is 24.4 Å². The number of hydrogen-bond acceptors (Lipinski definition) is 4. The number of aryl methyl sites for hydroxylation is 2. The molecular weight excluding hydrogens is 441 g/mol. The summed E-state index contributed by atoms with van der Waals surface area (Å²) in [5.74, 6) is -0.327. The number of H-pyrrole nitrogens is 1. The standard InChI is InChI=1S/C28H24FN5O/c1-17-8-7-12-25(31-17)34-27(24-11-5-6-15-30-24)26-18(2)32-23-14-13-19(16-21(23)26)33-28(35)20-9-3-4-10-22(20)29/h3-16,27,32H,1-2H3,(H,31,34)(H,33,35)/t27-/m0/s1. The lowest BCUT2D eigenvalue weighted by Crippen LogP contribution is -2.16. The molecule has 0 radical (unpaired) electrons. The molecule has 0 saturated heterocycles. The lowest BCUT2D eigenvalue weighted by molar-refractivity contribution is 0.102. The Kier molecular flexibility index (Phi) is 5.97. The van der Waals surface area contributed by atoms with E-state index in [9.17, 15) is 9.18 Å². The van der Waals surface area contributed by atoms with Crippen LogP contribution in [0.15, 0.2) is 85.1 Å². The molecule has 1 amide bonds. The first-order chi connectivity index (χ1) is 17.0. The molecule has 3 heterocycles. The van der Waals surface area contributed by atoms with Crippen molar-refractivity contribution in [2.75, 3.05) is 10.6 Å². The first kappa shape index (κ1) is 22.3. The lowest BCUT2D eigenvalue weighted by Gasteiger charge is -2.20. The van der Waals surface area contributed by atoms with Crippen molar-refractivity contribution in [2.45, 2.75) is 19.9 Å². The smallest absolute Gasteiger partial charge is 0.258 e. The van der Waals surface area contributed by atoms with Gasteiger partial charge in [-0.25, -0.2) is 9.37 Å². The number of hydrogen-bond donors (Lipinski definition) is 3. The maximum Gasteiger partial charge on any atom is 0.258 e. The van der Waals surface area contributed by atoms with Crippen molar-refractivity contribution < 1.29 is 9.18 Å². The maximum atomic E-state index is 14.1. The fourth-order valence-corrected chi connectivity index (χ4v) is 4.25. The number of aromatic nitrogens is 3. The van der Waals surface area contributed by atoms with E-state index in [1.165, 1.54) is 12.1 Å². The Labute approximate surface area is 202 Å². The van der Waals surface area contributed by atoms with Crippen LogP contribution in [0.4, 0.5) is 15.9 Å². The van der Waals surface area contributed by atoms with Crippen molar-refractivity contribution in [1.82, 2.24) is 15.0 Å². The van der Waals surface area contributed by atoms with Gasteiger partial charge in [-0.3, -0.25) is 9.78 Å². The molecule has 0 aliphatic heterocycles. The quantitative estimate of drug-likeness (QED) is 0.280. The third-order valence-electron chi connectivity index (χ3n) is 5.87. The Morgan fingerprint density at radius 1 is 0.971 bits per heavy atom. The number of nitrogens with one attached hydrogen (secondary N) is 3. The van der Waals surface area contributed by atoms with Crippen molar-refractivity contribution in [3.8, 4) is 0 Å². The van der Waals surface area contributed by atoms with Gasteiger partial charge in [0, 0.05) is 39.7 Å². The van der Waals surface area contributed by atoms with Crippen LogP contribution in [-0.4, -0.2) is 20.9 Å². The fourth-order valence-electron chi connectivity index (χ4n) is 4.25. The van der Waals surface area contributed by atoms with Crippen molar-refractivity contribution in [3.63, 3.8) is 0 Å². The fraction of sp³-hybridized carbons (Fsp3) is 0.107. The largest absolute Gasteiger partial charge is 0.358 e. The molecule has 0 aliphatic carbocycles. The Balaban J connectivity index is 1.57. The zero-order chi connectivity index (χ0) is 24.4. The number of halogens is 1. The van der Waals surface area contributed by atoms with Gasteiger partial charge in [-0.2, -0.15) is 0 Å². The number of fused-ring (bicyclic) bond motifs is 1. The van der Waals surface area contributed by atoms with Gasteiger partial charge in [-0.15, -0.1) is 0 Å². The van der Waals surface area contributed by atoms with Crippen LogP contribution in [0.3, 0.4) is 0 Å². The molecule has 2 aromatic carbocycles. The van der Waals surface area contributed by atoms with E-state index >= 15 is 0 Å². The minimum atomic E-state index is -0.561. The molecule has 5 aromatic rings. The molecule has 174 valence electrons. The molecule has 6 nitrogen and oxygen atoms in total. The Morgan fingerprint density at radius 2 is 1.80 bits per heavy atom. The van der Waals surface area contributed by atoms with Gasteiger partial charge in [0.15, 0.2) is 0 Å². The number of carbonyl (C=O) groups is 1. The summed E-state index contributed by atoms with van der Waals surface area (Å²) in [5, 5.41) is 7.28. The molecule has 0 unspecified atom stereocenters. The summed E-state index contributed by atoms with van der Waals surface area (Å²) < 4.78 is 14.1. The molecule has 3 aromatic heterocycles. The van der Waals surface area contributed by atoms with Gasteiger partial charge in [-0.1, -0.05) is 24.3 Å². The summed E-state index contributed by atoms with van der Waals surface area (Å²) in [7, 11) is 0. The van der Waals surface area contributed by atoms with Gasteiger partial charge in [-0.05, 0) is 68.4 Å². The monoisotopic (exact) mass is 465 g/mol. The van der Waals surface area contributed by atoms with Gasteiger partial charge in [0.05, 0.1) is 17.3 Å².